The summed E-state index contributed by atoms with van der Waals surface area (Å²) in [6.45, 7) is 15.7. The van der Waals surface area contributed by atoms with Crippen LogP contribution in [0.4, 0.5) is 5.69 Å². The van der Waals surface area contributed by atoms with E-state index in [4.69, 9.17) is 15.6 Å². The minimum absolute atomic E-state index is 0.0218. The molecule has 3 aromatic rings. The van der Waals surface area contributed by atoms with Crippen molar-refractivity contribution in [2.24, 2.45) is 0 Å². The first-order chi connectivity index (χ1) is 20.0. The van der Waals surface area contributed by atoms with Crippen LogP contribution in [0.25, 0.3) is 11.0 Å². The van der Waals surface area contributed by atoms with E-state index in [2.05, 4.69) is 69.9 Å². The molecule has 2 aromatic carbocycles. The van der Waals surface area contributed by atoms with Crippen LogP contribution in [0, 0.1) is 23.8 Å². The van der Waals surface area contributed by atoms with E-state index in [1.54, 1.807) is 6.07 Å². The van der Waals surface area contributed by atoms with Gasteiger partial charge >= 0.3 is 11.6 Å². The maximum Gasteiger partial charge on any atom is 0.351 e. The molecule has 0 N–H and O–H groups in total. The first-order valence-electron chi connectivity index (χ1n) is 15.2. The van der Waals surface area contributed by atoms with Crippen LogP contribution in [0.5, 0.6) is 0 Å². The van der Waals surface area contributed by atoms with E-state index < -0.39 is 19.7 Å². The van der Waals surface area contributed by atoms with Gasteiger partial charge in [0.2, 0.25) is 0 Å². The molecule has 0 bridgehead atoms. The molecule has 0 saturated carbocycles. The minimum Gasteiger partial charge on any atom is -0.457 e. The number of ether oxygens (including phenoxy) is 1. The van der Waals surface area contributed by atoms with Crippen molar-refractivity contribution in [2.45, 2.75) is 90.5 Å². The number of fused-ring (bicyclic) bond motifs is 2. The van der Waals surface area contributed by atoms with Crippen LogP contribution >= 0.6 is 0 Å². The van der Waals surface area contributed by atoms with Crippen LogP contribution in [-0.2, 0) is 24.2 Å². The molecule has 2 aliphatic heterocycles. The molecule has 42 heavy (non-hydrogen) atoms. The average molecular weight is 580 g/mol. The lowest BCUT2D eigenvalue weighted by molar-refractivity contribution is 0.0468. The SMILES string of the molecule is C#Cc1cc(C#C[Si](C(C)C)(C(C)C)C(C)C)cc(COC(=O)c2cc3cc4c5c(c3oc2=O)CCCN5CCC4)c1. The number of carbonyl (C=O) groups excluding carboxylic acids is 1. The molecule has 0 unspecified atom stereocenters. The lowest BCUT2D eigenvalue weighted by Gasteiger charge is -2.38. The van der Waals surface area contributed by atoms with Gasteiger partial charge in [-0.15, -0.1) is 12.0 Å². The number of rotatable bonds is 6. The van der Waals surface area contributed by atoms with E-state index >= 15 is 0 Å². The number of aryl methyl sites for hydroxylation is 2. The van der Waals surface area contributed by atoms with Crippen molar-refractivity contribution in [2.75, 3.05) is 18.0 Å². The number of carbonyl (C=O) groups is 1. The van der Waals surface area contributed by atoms with Gasteiger partial charge in [0.05, 0.1) is 0 Å². The molecule has 0 spiro atoms. The topological polar surface area (TPSA) is 59.8 Å². The molecule has 0 atom stereocenters. The largest absolute Gasteiger partial charge is 0.457 e. The normalized spacial score (nSPS) is 14.5. The quantitative estimate of drug-likeness (QED) is 0.132. The number of nitrogens with zero attached hydrogens (tertiary/aromatic N) is 1. The molecule has 0 radical (unpaired) electrons. The molecule has 0 aliphatic carbocycles. The fourth-order valence-electron chi connectivity index (χ4n) is 7.36. The number of terminal acetylenes is 1. The molecule has 1 aromatic heterocycles. The molecule has 5 nitrogen and oxygen atoms in total. The summed E-state index contributed by atoms with van der Waals surface area (Å²) >= 11 is 0. The highest BCUT2D eigenvalue weighted by Crippen LogP contribution is 2.41. The second-order valence-corrected chi connectivity index (χ2v) is 18.3. The Balaban J connectivity index is 1.42. The van der Waals surface area contributed by atoms with E-state index in [-0.39, 0.29) is 12.2 Å². The zero-order valence-electron chi connectivity index (χ0n) is 25.7. The summed E-state index contributed by atoms with van der Waals surface area (Å²) in [6.07, 6.45) is 9.75. The lowest BCUT2D eigenvalue weighted by atomic mass is 9.90. The fourth-order valence-corrected chi connectivity index (χ4v) is 12.6. The number of hydrogen-bond donors (Lipinski definition) is 0. The van der Waals surface area contributed by atoms with Crippen molar-refractivity contribution in [3.63, 3.8) is 0 Å². The monoisotopic (exact) mass is 579 g/mol. The Bertz CT molecular complexity index is 1670. The van der Waals surface area contributed by atoms with Gasteiger partial charge in [0, 0.05) is 40.9 Å². The highest BCUT2D eigenvalue weighted by molar-refractivity contribution is 6.90. The highest BCUT2D eigenvalue weighted by Gasteiger charge is 2.41. The third kappa shape index (κ3) is 5.41. The summed E-state index contributed by atoms with van der Waals surface area (Å²) in [5, 5.41) is 0.777. The van der Waals surface area contributed by atoms with E-state index in [1.165, 1.54) is 11.3 Å². The molecule has 6 heteroatoms. The van der Waals surface area contributed by atoms with Crippen LogP contribution in [0.2, 0.25) is 16.6 Å². The molecule has 5 rings (SSSR count). The van der Waals surface area contributed by atoms with Crippen molar-refractivity contribution in [3.8, 4) is 23.8 Å². The second kappa shape index (κ2) is 11.9. The first-order valence-corrected chi connectivity index (χ1v) is 17.5. The lowest BCUT2D eigenvalue weighted by Crippen LogP contribution is -2.43. The summed E-state index contributed by atoms with van der Waals surface area (Å²) in [7, 11) is -1.93. The predicted molar refractivity (Wildman–Crippen MR) is 173 cm³/mol. The van der Waals surface area contributed by atoms with Gasteiger partial charge < -0.3 is 14.1 Å². The number of anilines is 1. The highest BCUT2D eigenvalue weighted by atomic mass is 28.3. The van der Waals surface area contributed by atoms with E-state index in [0.717, 1.165) is 60.8 Å². The van der Waals surface area contributed by atoms with Gasteiger partial charge in [-0.25, -0.2) is 9.59 Å². The Hall–Kier alpha value is -3.74. The van der Waals surface area contributed by atoms with Gasteiger partial charge in [-0.1, -0.05) is 53.4 Å². The van der Waals surface area contributed by atoms with Gasteiger partial charge in [0.15, 0.2) is 0 Å². The van der Waals surface area contributed by atoms with E-state index in [9.17, 15) is 9.59 Å². The Kier molecular flexibility index (Phi) is 8.40. The fraction of sp³-hybridized carbons (Fsp3) is 0.444. The van der Waals surface area contributed by atoms with Gasteiger partial charge in [0.1, 0.15) is 25.8 Å². The van der Waals surface area contributed by atoms with Crippen LogP contribution in [0.1, 0.15) is 92.6 Å². The van der Waals surface area contributed by atoms with E-state index in [0.29, 0.717) is 27.8 Å². The number of hydrogen-bond acceptors (Lipinski definition) is 5. The molecule has 2 aliphatic rings. The third-order valence-electron chi connectivity index (χ3n) is 9.25. The molecule has 0 fully saturated rings. The molecule has 3 heterocycles. The Labute approximate surface area is 250 Å². The Morgan fingerprint density at radius 1 is 0.976 bits per heavy atom. The zero-order chi connectivity index (χ0) is 30.2. The number of esters is 1. The first kappa shape index (κ1) is 29.7. The van der Waals surface area contributed by atoms with Crippen molar-refractivity contribution in [1.29, 1.82) is 0 Å². The van der Waals surface area contributed by atoms with E-state index in [1.807, 2.05) is 18.2 Å². The smallest absolute Gasteiger partial charge is 0.351 e. The van der Waals surface area contributed by atoms with Crippen LogP contribution < -0.4 is 10.5 Å². The van der Waals surface area contributed by atoms with Crippen molar-refractivity contribution >= 4 is 30.7 Å². The van der Waals surface area contributed by atoms with Gasteiger partial charge in [-0.3, -0.25) is 0 Å². The molecule has 0 saturated heterocycles. The Morgan fingerprint density at radius 3 is 2.31 bits per heavy atom. The molecule has 0 amide bonds. The maximum absolute atomic E-state index is 13.2. The van der Waals surface area contributed by atoms with Crippen LogP contribution in [0.3, 0.4) is 0 Å². The zero-order valence-corrected chi connectivity index (χ0v) is 26.7. The second-order valence-electron chi connectivity index (χ2n) is 12.7. The summed E-state index contributed by atoms with van der Waals surface area (Å²) in [4.78, 5) is 28.6. The Morgan fingerprint density at radius 2 is 1.64 bits per heavy atom. The van der Waals surface area contributed by atoms with Gasteiger partial charge in [-0.05, 0) is 83.8 Å². The maximum atomic E-state index is 13.2. The van der Waals surface area contributed by atoms with Crippen LogP contribution in [-0.4, -0.2) is 27.1 Å². The molecular formula is C36H41NO4Si. The van der Waals surface area contributed by atoms with Crippen molar-refractivity contribution in [1.82, 2.24) is 0 Å². The summed E-state index contributed by atoms with van der Waals surface area (Å²) in [5.74, 6) is 5.44. The van der Waals surface area contributed by atoms with Gasteiger partial charge in [0.25, 0.3) is 0 Å². The third-order valence-corrected chi connectivity index (χ3v) is 15.5. The summed E-state index contributed by atoms with van der Waals surface area (Å²) in [6, 6.07) is 9.36. The van der Waals surface area contributed by atoms with Crippen molar-refractivity contribution in [3.05, 3.63) is 74.1 Å². The summed E-state index contributed by atoms with van der Waals surface area (Å²) in [5.41, 5.74) is 10.9. The van der Waals surface area contributed by atoms with Crippen LogP contribution in [0.15, 0.2) is 39.5 Å². The molecular weight excluding hydrogens is 538 g/mol. The molecule has 218 valence electrons. The number of benzene rings is 2. The van der Waals surface area contributed by atoms with Gasteiger partial charge in [-0.2, -0.15) is 0 Å². The van der Waals surface area contributed by atoms with Crippen molar-refractivity contribution < 1.29 is 13.9 Å². The summed E-state index contributed by atoms with van der Waals surface area (Å²) < 4.78 is 11.4. The minimum atomic E-state index is -1.93. The predicted octanol–water partition coefficient (Wildman–Crippen LogP) is 7.40. The standard InChI is InChI=1S/C36H41NO4Si/c1-8-26-17-27(13-16-42(23(2)3,24(4)5)25(6)7)19-28(18-26)22-40-35(38)32-21-30-20-29-11-9-14-37-15-10-12-31(33(29)37)34(30)41-36(32)39/h1,17-21,23-25H,9-12,14-15,22H2,2-7H3. The average Bonchev–Trinajstić information content (AvgIpc) is 2.96.